The summed E-state index contributed by atoms with van der Waals surface area (Å²) in [6, 6.07) is 7.29. The van der Waals surface area contributed by atoms with Crippen molar-refractivity contribution >= 4 is 11.7 Å². The molecule has 1 aromatic rings. The minimum atomic E-state index is 0.0689. The highest BCUT2D eigenvalue weighted by Crippen LogP contribution is 2.08. The Bertz CT molecular complexity index is 444. The molecule has 0 radical (unpaired) electrons. The molecule has 0 unspecified atom stereocenters. The summed E-state index contributed by atoms with van der Waals surface area (Å²) in [7, 11) is 1.77. The van der Waals surface area contributed by atoms with Crippen LogP contribution in [0.5, 0.6) is 0 Å². The van der Waals surface area contributed by atoms with E-state index in [-0.39, 0.29) is 11.7 Å². The number of oxime groups is 1. The van der Waals surface area contributed by atoms with E-state index in [1.54, 1.807) is 18.0 Å². The van der Waals surface area contributed by atoms with Gasteiger partial charge in [0.25, 0.3) is 0 Å². The zero-order valence-electron chi connectivity index (χ0n) is 10.8. The number of carbonyl (C=O) groups is 1. The molecule has 0 bridgehead atoms. The van der Waals surface area contributed by atoms with Crippen molar-refractivity contribution in [3.05, 3.63) is 35.4 Å². The van der Waals surface area contributed by atoms with Gasteiger partial charge in [0.15, 0.2) is 5.84 Å². The fourth-order valence-corrected chi connectivity index (χ4v) is 1.65. The van der Waals surface area contributed by atoms with Gasteiger partial charge in [0.05, 0.1) is 0 Å². The van der Waals surface area contributed by atoms with Crippen LogP contribution in [0.2, 0.25) is 0 Å². The summed E-state index contributed by atoms with van der Waals surface area (Å²) in [5, 5.41) is 11.6. The molecule has 0 spiro atoms. The van der Waals surface area contributed by atoms with E-state index in [1.165, 1.54) is 0 Å². The number of benzene rings is 1. The van der Waals surface area contributed by atoms with Gasteiger partial charge in [0, 0.05) is 25.6 Å². The van der Waals surface area contributed by atoms with Gasteiger partial charge in [-0.15, -0.1) is 0 Å². The minimum Gasteiger partial charge on any atom is -0.409 e. The Kier molecular flexibility index (Phi) is 5.17. The van der Waals surface area contributed by atoms with Crippen molar-refractivity contribution in [2.75, 3.05) is 7.05 Å². The Morgan fingerprint density at radius 2 is 2.22 bits per heavy atom. The van der Waals surface area contributed by atoms with Crippen molar-refractivity contribution in [2.24, 2.45) is 10.9 Å². The first-order valence-electron chi connectivity index (χ1n) is 5.89. The van der Waals surface area contributed by atoms with Crippen molar-refractivity contribution in [1.29, 1.82) is 0 Å². The molecule has 0 saturated carbocycles. The van der Waals surface area contributed by atoms with Crippen LogP contribution in [0.4, 0.5) is 0 Å². The smallest absolute Gasteiger partial charge is 0.222 e. The van der Waals surface area contributed by atoms with E-state index in [0.717, 1.165) is 12.0 Å². The van der Waals surface area contributed by atoms with Crippen LogP contribution in [-0.2, 0) is 11.3 Å². The van der Waals surface area contributed by atoms with Crippen molar-refractivity contribution in [3.63, 3.8) is 0 Å². The summed E-state index contributed by atoms with van der Waals surface area (Å²) in [5.74, 6) is 0.186. The molecule has 1 rings (SSSR count). The van der Waals surface area contributed by atoms with Gasteiger partial charge in [-0.25, -0.2) is 0 Å². The number of hydrogen-bond acceptors (Lipinski definition) is 3. The summed E-state index contributed by atoms with van der Waals surface area (Å²) in [5.41, 5.74) is 7.12. The molecule has 0 aromatic heterocycles. The third-order valence-electron chi connectivity index (χ3n) is 2.64. The van der Waals surface area contributed by atoms with Gasteiger partial charge in [0.2, 0.25) is 5.91 Å². The van der Waals surface area contributed by atoms with Crippen molar-refractivity contribution in [2.45, 2.75) is 26.3 Å². The average molecular weight is 249 g/mol. The summed E-state index contributed by atoms with van der Waals surface area (Å²) < 4.78 is 0. The Balaban J connectivity index is 2.76. The molecule has 18 heavy (non-hydrogen) atoms. The number of amides is 1. The number of hydrogen-bond donors (Lipinski definition) is 2. The van der Waals surface area contributed by atoms with E-state index in [1.807, 2.05) is 25.1 Å². The van der Waals surface area contributed by atoms with Crippen LogP contribution >= 0.6 is 0 Å². The van der Waals surface area contributed by atoms with Gasteiger partial charge in [-0.05, 0) is 18.1 Å². The fraction of sp³-hybridized carbons (Fsp3) is 0.385. The zero-order chi connectivity index (χ0) is 13.5. The summed E-state index contributed by atoms with van der Waals surface area (Å²) in [4.78, 5) is 13.3. The zero-order valence-corrected chi connectivity index (χ0v) is 10.8. The van der Waals surface area contributed by atoms with Crippen LogP contribution in [0.3, 0.4) is 0 Å². The average Bonchev–Trinajstić information content (AvgIpc) is 2.38. The molecule has 1 aromatic carbocycles. The number of rotatable bonds is 5. The Morgan fingerprint density at radius 3 is 2.83 bits per heavy atom. The van der Waals surface area contributed by atoms with Crippen LogP contribution in [-0.4, -0.2) is 28.9 Å². The van der Waals surface area contributed by atoms with Crippen molar-refractivity contribution < 1.29 is 10.0 Å². The van der Waals surface area contributed by atoms with Gasteiger partial charge in [-0.3, -0.25) is 4.79 Å². The number of nitrogens with zero attached hydrogens (tertiary/aromatic N) is 2. The van der Waals surface area contributed by atoms with Crippen LogP contribution in [0.25, 0.3) is 0 Å². The lowest BCUT2D eigenvalue weighted by Crippen LogP contribution is -2.25. The second kappa shape index (κ2) is 6.64. The summed E-state index contributed by atoms with van der Waals surface area (Å²) in [6.45, 7) is 2.50. The van der Waals surface area contributed by atoms with Gasteiger partial charge in [-0.1, -0.05) is 30.3 Å². The maximum atomic E-state index is 11.7. The van der Waals surface area contributed by atoms with Gasteiger partial charge in [0.1, 0.15) is 0 Å². The monoisotopic (exact) mass is 249 g/mol. The second-order valence-corrected chi connectivity index (χ2v) is 4.19. The predicted molar refractivity (Wildman–Crippen MR) is 70.3 cm³/mol. The van der Waals surface area contributed by atoms with E-state index in [2.05, 4.69) is 5.16 Å². The first kappa shape index (κ1) is 14.0. The Hall–Kier alpha value is -2.04. The second-order valence-electron chi connectivity index (χ2n) is 4.19. The topological polar surface area (TPSA) is 78.9 Å². The van der Waals surface area contributed by atoms with Crippen molar-refractivity contribution in [1.82, 2.24) is 4.90 Å². The lowest BCUT2D eigenvalue weighted by atomic mass is 10.1. The largest absolute Gasteiger partial charge is 0.409 e. The van der Waals surface area contributed by atoms with Crippen LogP contribution in [0.15, 0.2) is 29.4 Å². The molecule has 0 aliphatic rings. The molecule has 98 valence electrons. The van der Waals surface area contributed by atoms with Gasteiger partial charge >= 0.3 is 0 Å². The number of nitrogens with two attached hydrogens (primary N) is 1. The fourth-order valence-electron chi connectivity index (χ4n) is 1.65. The van der Waals surface area contributed by atoms with Crippen molar-refractivity contribution in [3.8, 4) is 0 Å². The molecule has 0 atom stereocenters. The molecular weight excluding hydrogens is 230 g/mol. The summed E-state index contributed by atoms with van der Waals surface area (Å²) in [6.07, 6.45) is 1.39. The normalized spacial score (nSPS) is 11.3. The molecule has 0 fully saturated rings. The maximum Gasteiger partial charge on any atom is 0.222 e. The van der Waals surface area contributed by atoms with E-state index in [4.69, 9.17) is 10.9 Å². The highest BCUT2D eigenvalue weighted by atomic mass is 16.4. The lowest BCUT2D eigenvalue weighted by molar-refractivity contribution is -0.130. The first-order valence-corrected chi connectivity index (χ1v) is 5.89. The van der Waals surface area contributed by atoms with Gasteiger partial charge < -0.3 is 15.8 Å². The molecule has 3 N–H and O–H groups in total. The molecule has 0 saturated heterocycles. The first-order chi connectivity index (χ1) is 8.58. The van der Waals surface area contributed by atoms with E-state index >= 15 is 0 Å². The van der Waals surface area contributed by atoms with E-state index in [9.17, 15) is 4.79 Å². The summed E-state index contributed by atoms with van der Waals surface area (Å²) >= 11 is 0. The highest BCUT2D eigenvalue weighted by molar-refractivity contribution is 5.97. The Labute approximate surface area is 107 Å². The Morgan fingerprint density at radius 1 is 1.50 bits per heavy atom. The minimum absolute atomic E-state index is 0.0689. The molecule has 0 aliphatic heterocycles. The molecule has 0 heterocycles. The lowest BCUT2D eigenvalue weighted by Gasteiger charge is -2.17. The predicted octanol–water partition coefficient (Wildman–Crippen LogP) is 1.54. The SMILES string of the molecule is CCCC(=O)N(C)Cc1cccc(C(N)=NO)c1. The molecule has 5 nitrogen and oxygen atoms in total. The van der Waals surface area contributed by atoms with E-state index < -0.39 is 0 Å². The third kappa shape index (κ3) is 3.76. The van der Waals surface area contributed by atoms with Crippen LogP contribution in [0.1, 0.15) is 30.9 Å². The highest BCUT2D eigenvalue weighted by Gasteiger charge is 2.08. The number of amidine groups is 1. The molecular formula is C13H19N3O2. The molecule has 5 heteroatoms. The third-order valence-corrected chi connectivity index (χ3v) is 2.64. The number of carbonyl (C=O) groups excluding carboxylic acids is 1. The van der Waals surface area contributed by atoms with Crippen LogP contribution in [0, 0.1) is 0 Å². The molecule has 1 amide bonds. The maximum absolute atomic E-state index is 11.7. The standard InChI is InChI=1S/C13H19N3O2/c1-3-5-12(17)16(2)9-10-6-4-7-11(8-10)13(14)15-18/h4,6-8,18H,3,5,9H2,1-2H3,(H2,14,15). The van der Waals surface area contributed by atoms with Gasteiger partial charge in [-0.2, -0.15) is 0 Å². The van der Waals surface area contributed by atoms with Crippen LogP contribution < -0.4 is 5.73 Å². The van der Waals surface area contributed by atoms with E-state index in [0.29, 0.717) is 18.5 Å². The molecule has 0 aliphatic carbocycles. The quantitative estimate of drug-likeness (QED) is 0.359.